The molecule has 1 saturated heterocycles. The topological polar surface area (TPSA) is 86.7 Å². The monoisotopic (exact) mass is 208 g/mol. The Kier molecular flexibility index (Phi) is 3.10. The van der Waals surface area contributed by atoms with Crippen molar-refractivity contribution in [3.8, 4) is 0 Å². The second-order valence-electron chi connectivity index (χ2n) is 2.87. The summed E-state index contributed by atoms with van der Waals surface area (Å²) in [5, 5.41) is 8.26. The molecule has 1 rings (SSSR count). The molecule has 2 N–H and O–H groups in total. The fourth-order valence-corrected chi connectivity index (χ4v) is 2.37. The molecule has 7 heteroatoms. The maximum absolute atomic E-state index is 11.2. The average molecular weight is 208 g/mol. The average Bonchev–Trinajstić information content (AvgIpc) is 2.04. The van der Waals surface area contributed by atoms with Gasteiger partial charge in [-0.1, -0.05) is 6.42 Å². The lowest BCUT2D eigenvalue weighted by Crippen LogP contribution is -2.45. The Hall–Kier alpha value is -0.820. The van der Waals surface area contributed by atoms with Crippen LogP contribution in [0.5, 0.6) is 0 Å². The SMILES string of the molecule is O=C(O)NS(=O)(=O)N1CCCCC1. The summed E-state index contributed by atoms with van der Waals surface area (Å²) < 4.78 is 25.1. The van der Waals surface area contributed by atoms with Crippen molar-refractivity contribution in [1.82, 2.24) is 9.03 Å². The van der Waals surface area contributed by atoms with Gasteiger partial charge in [-0.15, -0.1) is 0 Å². The molecule has 0 aromatic rings. The van der Waals surface area contributed by atoms with E-state index in [1.165, 1.54) is 4.72 Å². The Morgan fingerprint density at radius 2 is 1.77 bits per heavy atom. The van der Waals surface area contributed by atoms with Crippen molar-refractivity contribution >= 4 is 16.3 Å². The van der Waals surface area contributed by atoms with E-state index in [9.17, 15) is 13.2 Å². The molecule has 6 nitrogen and oxygen atoms in total. The quantitative estimate of drug-likeness (QED) is 0.668. The van der Waals surface area contributed by atoms with Gasteiger partial charge in [0.2, 0.25) is 0 Å². The molecule has 76 valence electrons. The van der Waals surface area contributed by atoms with E-state index < -0.39 is 16.3 Å². The highest BCUT2D eigenvalue weighted by Gasteiger charge is 2.25. The lowest BCUT2D eigenvalue weighted by Gasteiger charge is -2.24. The lowest BCUT2D eigenvalue weighted by atomic mass is 10.2. The summed E-state index contributed by atoms with van der Waals surface area (Å²) in [6, 6.07) is 0. The molecule has 1 heterocycles. The smallest absolute Gasteiger partial charge is 0.419 e. The zero-order valence-electron chi connectivity index (χ0n) is 7.06. The second-order valence-corrected chi connectivity index (χ2v) is 4.54. The van der Waals surface area contributed by atoms with E-state index >= 15 is 0 Å². The lowest BCUT2D eigenvalue weighted by molar-refractivity contribution is 0.200. The van der Waals surface area contributed by atoms with E-state index in [4.69, 9.17) is 5.11 Å². The number of carbonyl (C=O) groups is 1. The molecule has 1 aliphatic heterocycles. The number of carboxylic acid groups (broad SMARTS) is 1. The van der Waals surface area contributed by atoms with Gasteiger partial charge in [0.05, 0.1) is 0 Å². The van der Waals surface area contributed by atoms with Gasteiger partial charge < -0.3 is 5.11 Å². The maximum atomic E-state index is 11.2. The number of nitrogens with one attached hydrogen (secondary N) is 1. The van der Waals surface area contributed by atoms with Gasteiger partial charge in [-0.05, 0) is 12.8 Å². The molecule has 0 radical (unpaired) electrons. The fraction of sp³-hybridized carbons (Fsp3) is 0.833. The Morgan fingerprint density at radius 3 is 2.23 bits per heavy atom. The number of piperidine rings is 1. The Balaban J connectivity index is 2.62. The predicted octanol–water partition coefficient (Wildman–Crippen LogP) is -0.0153. The van der Waals surface area contributed by atoms with Gasteiger partial charge in [0, 0.05) is 13.1 Å². The van der Waals surface area contributed by atoms with Crippen molar-refractivity contribution in [2.24, 2.45) is 0 Å². The number of nitrogens with zero attached hydrogens (tertiary/aromatic N) is 1. The normalized spacial score (nSPS) is 19.7. The molecule has 0 aliphatic carbocycles. The predicted molar refractivity (Wildman–Crippen MR) is 45.5 cm³/mol. The zero-order valence-corrected chi connectivity index (χ0v) is 7.88. The summed E-state index contributed by atoms with van der Waals surface area (Å²) >= 11 is 0. The van der Waals surface area contributed by atoms with Crippen LogP contribution < -0.4 is 4.72 Å². The van der Waals surface area contributed by atoms with E-state index in [2.05, 4.69) is 0 Å². The van der Waals surface area contributed by atoms with Crippen LogP contribution in [-0.4, -0.2) is 37.0 Å². The van der Waals surface area contributed by atoms with Gasteiger partial charge in [-0.2, -0.15) is 12.7 Å². The van der Waals surface area contributed by atoms with Crippen LogP contribution >= 0.6 is 0 Å². The third-order valence-corrected chi connectivity index (χ3v) is 3.35. The molecule has 13 heavy (non-hydrogen) atoms. The summed E-state index contributed by atoms with van der Waals surface area (Å²) in [7, 11) is -3.80. The van der Waals surface area contributed by atoms with Crippen molar-refractivity contribution in [3.63, 3.8) is 0 Å². The summed E-state index contributed by atoms with van der Waals surface area (Å²) in [5.41, 5.74) is 0. The first kappa shape index (κ1) is 10.3. The molecule has 0 saturated carbocycles. The van der Waals surface area contributed by atoms with Gasteiger partial charge in [0.25, 0.3) is 0 Å². The van der Waals surface area contributed by atoms with Gasteiger partial charge in [-0.25, -0.2) is 9.52 Å². The summed E-state index contributed by atoms with van der Waals surface area (Å²) in [6.07, 6.45) is 1.05. The molecule has 0 bridgehead atoms. The van der Waals surface area contributed by atoms with E-state index in [0.29, 0.717) is 13.1 Å². The fourth-order valence-electron chi connectivity index (χ4n) is 1.28. The van der Waals surface area contributed by atoms with Crippen LogP contribution in [0.1, 0.15) is 19.3 Å². The van der Waals surface area contributed by atoms with Crippen molar-refractivity contribution in [2.45, 2.75) is 19.3 Å². The van der Waals surface area contributed by atoms with Crippen LogP contribution in [0.4, 0.5) is 4.79 Å². The summed E-state index contributed by atoms with van der Waals surface area (Å²) in [5.74, 6) is 0. The highest BCUT2D eigenvalue weighted by atomic mass is 32.2. The number of hydrogen-bond acceptors (Lipinski definition) is 3. The summed E-state index contributed by atoms with van der Waals surface area (Å²) in [6.45, 7) is 0.811. The van der Waals surface area contributed by atoms with E-state index in [0.717, 1.165) is 23.6 Å². The molecule has 0 spiro atoms. The van der Waals surface area contributed by atoms with Gasteiger partial charge >= 0.3 is 16.3 Å². The standard InChI is InChI=1S/C6H12N2O4S/c9-6(10)7-13(11,12)8-4-2-1-3-5-8/h7H,1-5H2,(H,9,10). The van der Waals surface area contributed by atoms with Crippen LogP contribution in [0.25, 0.3) is 0 Å². The molecular weight excluding hydrogens is 196 g/mol. The van der Waals surface area contributed by atoms with Crippen molar-refractivity contribution in [2.75, 3.05) is 13.1 Å². The minimum Gasteiger partial charge on any atom is -0.464 e. The maximum Gasteiger partial charge on any atom is 0.419 e. The van der Waals surface area contributed by atoms with Gasteiger partial charge in [0.15, 0.2) is 0 Å². The van der Waals surface area contributed by atoms with Crippen LogP contribution in [0.2, 0.25) is 0 Å². The second kappa shape index (κ2) is 3.93. The molecular formula is C6H12N2O4S. The van der Waals surface area contributed by atoms with E-state index in [1.54, 1.807) is 0 Å². The molecule has 0 atom stereocenters. The Labute approximate surface area is 76.7 Å². The first-order chi connectivity index (χ1) is 6.02. The minimum atomic E-state index is -3.80. The molecule has 1 amide bonds. The first-order valence-corrected chi connectivity index (χ1v) is 5.47. The number of hydrogen-bond donors (Lipinski definition) is 2. The number of rotatable bonds is 2. The van der Waals surface area contributed by atoms with Crippen LogP contribution in [-0.2, 0) is 10.2 Å². The highest BCUT2D eigenvalue weighted by Crippen LogP contribution is 2.11. The van der Waals surface area contributed by atoms with Crippen LogP contribution in [0, 0.1) is 0 Å². The zero-order chi connectivity index (χ0) is 9.90. The van der Waals surface area contributed by atoms with Gasteiger partial charge in [-0.3, -0.25) is 0 Å². The highest BCUT2D eigenvalue weighted by molar-refractivity contribution is 7.87. The van der Waals surface area contributed by atoms with Gasteiger partial charge in [0.1, 0.15) is 0 Å². The Bertz CT molecular complexity index is 281. The van der Waals surface area contributed by atoms with Crippen molar-refractivity contribution in [3.05, 3.63) is 0 Å². The first-order valence-electron chi connectivity index (χ1n) is 4.03. The van der Waals surface area contributed by atoms with E-state index in [1.807, 2.05) is 0 Å². The van der Waals surface area contributed by atoms with Crippen molar-refractivity contribution < 1.29 is 18.3 Å². The molecule has 0 aromatic heterocycles. The number of amides is 1. The van der Waals surface area contributed by atoms with Crippen LogP contribution in [0.15, 0.2) is 0 Å². The largest absolute Gasteiger partial charge is 0.464 e. The van der Waals surface area contributed by atoms with Crippen molar-refractivity contribution in [1.29, 1.82) is 0 Å². The molecule has 0 aromatic carbocycles. The molecule has 1 fully saturated rings. The minimum absolute atomic E-state index is 0.405. The third kappa shape index (κ3) is 2.85. The third-order valence-electron chi connectivity index (χ3n) is 1.87. The molecule has 1 aliphatic rings. The Morgan fingerprint density at radius 1 is 1.23 bits per heavy atom. The van der Waals surface area contributed by atoms with E-state index in [-0.39, 0.29) is 0 Å². The van der Waals surface area contributed by atoms with Crippen LogP contribution in [0.3, 0.4) is 0 Å². The summed E-state index contributed by atoms with van der Waals surface area (Å²) in [4.78, 5) is 10.1. The molecule has 0 unspecified atom stereocenters.